The fraction of sp³-hybridized carbons (Fsp3) is 0.118. The second-order valence-corrected chi connectivity index (χ2v) is 5.64. The molecule has 22 heavy (non-hydrogen) atoms. The van der Waals surface area contributed by atoms with Gasteiger partial charge in [-0.1, -0.05) is 41.9 Å². The monoisotopic (exact) mass is 314 g/mol. The lowest BCUT2D eigenvalue weighted by molar-refractivity contribution is -0.138. The zero-order chi connectivity index (χ0) is 15.7. The van der Waals surface area contributed by atoms with Crippen LogP contribution in [-0.2, 0) is 11.2 Å². The van der Waals surface area contributed by atoms with Crippen molar-refractivity contribution in [3.63, 3.8) is 0 Å². The van der Waals surface area contributed by atoms with E-state index in [4.69, 9.17) is 22.4 Å². The van der Waals surface area contributed by atoms with Gasteiger partial charge in [0, 0.05) is 28.6 Å². The van der Waals surface area contributed by atoms with Crippen molar-refractivity contribution >= 4 is 28.5 Å². The van der Waals surface area contributed by atoms with Crippen LogP contribution in [0.15, 0.2) is 48.7 Å². The molecule has 0 saturated heterocycles. The van der Waals surface area contributed by atoms with E-state index in [0.717, 1.165) is 27.6 Å². The Morgan fingerprint density at radius 3 is 2.77 bits per heavy atom. The van der Waals surface area contributed by atoms with Crippen molar-refractivity contribution in [1.82, 2.24) is 4.98 Å². The maximum Gasteiger partial charge on any atom is 0.320 e. The van der Waals surface area contributed by atoms with Gasteiger partial charge in [-0.15, -0.1) is 0 Å². The third-order valence-corrected chi connectivity index (χ3v) is 3.93. The van der Waals surface area contributed by atoms with Crippen LogP contribution in [0, 0.1) is 0 Å². The third-order valence-electron chi connectivity index (χ3n) is 3.69. The van der Waals surface area contributed by atoms with E-state index < -0.39 is 12.0 Å². The standard InChI is InChI=1S/C17H15ClN2O2/c18-12-4-1-3-10(7-12)13-5-2-6-14-11(9-20-16(13)14)8-15(19)17(21)22/h1-7,9,15,20H,8,19H2,(H,21,22)/t15-/m0/s1. The molecule has 0 saturated carbocycles. The first kappa shape index (κ1) is 14.6. The van der Waals surface area contributed by atoms with Crippen molar-refractivity contribution in [2.45, 2.75) is 12.5 Å². The Labute approximate surface area is 132 Å². The van der Waals surface area contributed by atoms with Crippen LogP contribution in [-0.4, -0.2) is 22.1 Å². The van der Waals surface area contributed by atoms with Gasteiger partial charge in [-0.05, 0) is 23.3 Å². The minimum Gasteiger partial charge on any atom is -0.480 e. The van der Waals surface area contributed by atoms with Crippen LogP contribution in [0.2, 0.25) is 5.02 Å². The van der Waals surface area contributed by atoms with E-state index in [-0.39, 0.29) is 6.42 Å². The Balaban J connectivity index is 2.08. The number of aromatic amines is 1. The number of para-hydroxylation sites is 1. The van der Waals surface area contributed by atoms with Crippen LogP contribution in [0.4, 0.5) is 0 Å². The molecule has 1 heterocycles. The topological polar surface area (TPSA) is 79.1 Å². The number of benzene rings is 2. The van der Waals surface area contributed by atoms with Gasteiger partial charge in [0.1, 0.15) is 6.04 Å². The van der Waals surface area contributed by atoms with Crippen molar-refractivity contribution < 1.29 is 9.90 Å². The minimum atomic E-state index is -1.000. The molecular formula is C17H15ClN2O2. The van der Waals surface area contributed by atoms with Crippen LogP contribution in [0.25, 0.3) is 22.0 Å². The van der Waals surface area contributed by atoms with Gasteiger partial charge >= 0.3 is 5.97 Å². The average molecular weight is 315 g/mol. The fourth-order valence-corrected chi connectivity index (χ4v) is 2.79. The quantitative estimate of drug-likeness (QED) is 0.690. The number of carboxylic acids is 1. The summed E-state index contributed by atoms with van der Waals surface area (Å²) in [6.07, 6.45) is 2.11. The van der Waals surface area contributed by atoms with Crippen LogP contribution in [0.3, 0.4) is 0 Å². The summed E-state index contributed by atoms with van der Waals surface area (Å²) in [5.41, 5.74) is 9.52. The number of aromatic nitrogens is 1. The molecule has 0 aliphatic heterocycles. The molecule has 3 aromatic rings. The molecule has 0 fully saturated rings. The van der Waals surface area contributed by atoms with Crippen molar-refractivity contribution in [3.05, 3.63) is 59.2 Å². The van der Waals surface area contributed by atoms with Gasteiger partial charge in [-0.2, -0.15) is 0 Å². The smallest absolute Gasteiger partial charge is 0.320 e. The molecule has 4 N–H and O–H groups in total. The molecule has 0 spiro atoms. The number of aliphatic carboxylic acids is 1. The molecule has 1 aromatic heterocycles. The average Bonchev–Trinajstić information content (AvgIpc) is 2.90. The maximum absolute atomic E-state index is 10.9. The normalized spacial score (nSPS) is 12.5. The first-order valence-corrected chi connectivity index (χ1v) is 7.27. The first-order valence-electron chi connectivity index (χ1n) is 6.89. The largest absolute Gasteiger partial charge is 0.480 e. The number of hydrogen-bond donors (Lipinski definition) is 3. The van der Waals surface area contributed by atoms with E-state index >= 15 is 0 Å². The highest BCUT2D eigenvalue weighted by Gasteiger charge is 2.16. The minimum absolute atomic E-state index is 0.286. The number of carbonyl (C=O) groups is 1. The van der Waals surface area contributed by atoms with Crippen LogP contribution in [0.1, 0.15) is 5.56 Å². The molecule has 0 amide bonds. The van der Waals surface area contributed by atoms with Gasteiger partial charge in [0.05, 0.1) is 5.52 Å². The summed E-state index contributed by atoms with van der Waals surface area (Å²) in [6, 6.07) is 12.6. The number of nitrogens with two attached hydrogens (primary N) is 1. The Morgan fingerprint density at radius 2 is 2.05 bits per heavy atom. The zero-order valence-electron chi connectivity index (χ0n) is 11.7. The molecule has 4 nitrogen and oxygen atoms in total. The Morgan fingerprint density at radius 1 is 1.27 bits per heavy atom. The van der Waals surface area contributed by atoms with Crippen LogP contribution in [0.5, 0.6) is 0 Å². The molecule has 0 radical (unpaired) electrons. The van der Waals surface area contributed by atoms with Crippen LogP contribution >= 0.6 is 11.6 Å². The summed E-state index contributed by atoms with van der Waals surface area (Å²) >= 11 is 6.06. The van der Waals surface area contributed by atoms with Crippen LogP contribution < -0.4 is 5.73 Å². The van der Waals surface area contributed by atoms with Gasteiger partial charge in [-0.3, -0.25) is 4.79 Å². The Hall–Kier alpha value is -2.30. The lowest BCUT2D eigenvalue weighted by Gasteiger charge is -2.07. The summed E-state index contributed by atoms with van der Waals surface area (Å²) in [6.45, 7) is 0. The molecule has 0 aliphatic rings. The lowest BCUT2D eigenvalue weighted by atomic mass is 10.00. The van der Waals surface area contributed by atoms with Crippen molar-refractivity contribution in [2.75, 3.05) is 0 Å². The molecule has 1 atom stereocenters. The van der Waals surface area contributed by atoms with Gasteiger partial charge in [0.25, 0.3) is 0 Å². The van der Waals surface area contributed by atoms with Gasteiger partial charge < -0.3 is 15.8 Å². The molecule has 3 rings (SSSR count). The molecule has 2 aromatic carbocycles. The highest BCUT2D eigenvalue weighted by atomic mass is 35.5. The molecule has 0 bridgehead atoms. The second kappa shape index (κ2) is 5.83. The van der Waals surface area contributed by atoms with E-state index in [1.54, 1.807) is 0 Å². The van der Waals surface area contributed by atoms with E-state index in [1.807, 2.05) is 48.7 Å². The summed E-state index contributed by atoms with van der Waals surface area (Å²) in [5, 5.41) is 10.6. The molecular weight excluding hydrogens is 300 g/mol. The first-order chi connectivity index (χ1) is 10.6. The van der Waals surface area contributed by atoms with E-state index in [2.05, 4.69) is 4.98 Å². The van der Waals surface area contributed by atoms with Crippen molar-refractivity contribution in [1.29, 1.82) is 0 Å². The summed E-state index contributed by atoms with van der Waals surface area (Å²) in [4.78, 5) is 14.2. The molecule has 112 valence electrons. The number of rotatable bonds is 4. The molecule has 5 heteroatoms. The number of fused-ring (bicyclic) bond motifs is 1. The van der Waals surface area contributed by atoms with Crippen molar-refractivity contribution in [3.8, 4) is 11.1 Å². The van der Waals surface area contributed by atoms with E-state index in [1.165, 1.54) is 0 Å². The second-order valence-electron chi connectivity index (χ2n) is 5.20. The SMILES string of the molecule is N[C@@H](Cc1c[nH]c2c(-c3cccc(Cl)c3)cccc12)C(=O)O. The third kappa shape index (κ3) is 2.71. The lowest BCUT2D eigenvalue weighted by Crippen LogP contribution is -2.32. The Kier molecular flexibility index (Phi) is 3.88. The van der Waals surface area contributed by atoms with Gasteiger partial charge in [0.15, 0.2) is 0 Å². The van der Waals surface area contributed by atoms with Gasteiger partial charge in [0.2, 0.25) is 0 Å². The number of H-pyrrole nitrogens is 1. The maximum atomic E-state index is 10.9. The number of carboxylic acid groups (broad SMARTS) is 1. The number of hydrogen-bond acceptors (Lipinski definition) is 2. The van der Waals surface area contributed by atoms with Crippen molar-refractivity contribution in [2.24, 2.45) is 5.73 Å². The zero-order valence-corrected chi connectivity index (χ0v) is 12.5. The predicted octanol–water partition coefficient (Wildman–Crippen LogP) is 3.44. The Bertz CT molecular complexity index is 842. The summed E-state index contributed by atoms with van der Waals surface area (Å²) < 4.78 is 0. The summed E-state index contributed by atoms with van der Waals surface area (Å²) in [5.74, 6) is -1.000. The fourth-order valence-electron chi connectivity index (χ4n) is 2.60. The van der Waals surface area contributed by atoms with Gasteiger partial charge in [-0.25, -0.2) is 0 Å². The number of nitrogens with one attached hydrogen (secondary N) is 1. The molecule has 0 aliphatic carbocycles. The van der Waals surface area contributed by atoms with E-state index in [0.29, 0.717) is 5.02 Å². The molecule has 0 unspecified atom stereocenters. The summed E-state index contributed by atoms with van der Waals surface area (Å²) in [7, 11) is 0. The van der Waals surface area contributed by atoms with E-state index in [9.17, 15) is 4.79 Å². The predicted molar refractivity (Wildman–Crippen MR) is 88.1 cm³/mol. The number of halogens is 1. The highest BCUT2D eigenvalue weighted by Crippen LogP contribution is 2.31. The highest BCUT2D eigenvalue weighted by molar-refractivity contribution is 6.30.